The Morgan fingerprint density at radius 3 is 2.69 bits per heavy atom. The lowest BCUT2D eigenvalue weighted by atomic mass is 10.2. The number of anilines is 1. The summed E-state index contributed by atoms with van der Waals surface area (Å²) in [7, 11) is 0. The molecule has 0 radical (unpaired) electrons. The molecule has 0 unspecified atom stereocenters. The fourth-order valence-corrected chi connectivity index (χ4v) is 2.23. The number of aromatic nitrogens is 3. The summed E-state index contributed by atoms with van der Waals surface area (Å²) in [5.41, 5.74) is 7.50. The first-order chi connectivity index (χ1) is 7.61. The van der Waals surface area contributed by atoms with Crippen LogP contribution in [0.1, 0.15) is 12.7 Å². The van der Waals surface area contributed by atoms with Crippen molar-refractivity contribution in [2.75, 3.05) is 5.73 Å². The van der Waals surface area contributed by atoms with Crippen LogP contribution in [0.5, 0.6) is 0 Å². The monoisotopic (exact) mass is 280 g/mol. The molecule has 1 heterocycles. The van der Waals surface area contributed by atoms with Gasteiger partial charge in [0.05, 0.1) is 0 Å². The first-order valence-corrected chi connectivity index (χ1v) is 5.87. The van der Waals surface area contributed by atoms with Gasteiger partial charge < -0.3 is 10.3 Å². The molecule has 0 bridgehead atoms. The number of rotatable bonds is 2. The van der Waals surface area contributed by atoms with Crippen molar-refractivity contribution in [3.8, 4) is 11.4 Å². The molecule has 0 fully saturated rings. The molecule has 2 rings (SSSR count). The van der Waals surface area contributed by atoms with E-state index >= 15 is 0 Å². The van der Waals surface area contributed by atoms with E-state index in [0.717, 1.165) is 28.2 Å². The molecule has 0 aliphatic heterocycles. The number of aryl methyl sites for hydroxylation is 1. The van der Waals surface area contributed by atoms with E-state index in [1.54, 1.807) is 0 Å². The quantitative estimate of drug-likeness (QED) is 0.861. The number of nitrogens with two attached hydrogens (primary N) is 1. The third kappa shape index (κ3) is 1.95. The van der Waals surface area contributed by atoms with Crippen molar-refractivity contribution < 1.29 is 0 Å². The summed E-state index contributed by atoms with van der Waals surface area (Å²) in [6.07, 6.45) is 0. The fourth-order valence-electron chi connectivity index (χ4n) is 1.71. The van der Waals surface area contributed by atoms with Gasteiger partial charge in [-0.25, -0.2) is 0 Å². The maximum absolute atomic E-state index is 5.81. The topological polar surface area (TPSA) is 56.7 Å². The molecular formula is C11H13BrN4. The van der Waals surface area contributed by atoms with Crippen LogP contribution in [0.3, 0.4) is 0 Å². The van der Waals surface area contributed by atoms with E-state index in [4.69, 9.17) is 5.73 Å². The number of halogens is 1. The normalized spacial score (nSPS) is 10.7. The molecule has 1 aromatic heterocycles. The van der Waals surface area contributed by atoms with Crippen molar-refractivity contribution in [3.05, 3.63) is 28.5 Å². The van der Waals surface area contributed by atoms with Gasteiger partial charge in [-0.1, -0.05) is 15.9 Å². The van der Waals surface area contributed by atoms with Crippen LogP contribution in [-0.4, -0.2) is 14.8 Å². The van der Waals surface area contributed by atoms with Crippen LogP contribution in [0, 0.1) is 6.92 Å². The predicted octanol–water partition coefficient (Wildman–Crippen LogP) is 2.62. The highest BCUT2D eigenvalue weighted by Gasteiger charge is 2.10. The second-order valence-corrected chi connectivity index (χ2v) is 4.50. The van der Waals surface area contributed by atoms with E-state index in [1.807, 2.05) is 25.1 Å². The molecule has 0 saturated heterocycles. The lowest BCUT2D eigenvalue weighted by Crippen LogP contribution is -2.00. The van der Waals surface area contributed by atoms with Crippen LogP contribution in [0.15, 0.2) is 22.7 Å². The largest absolute Gasteiger partial charge is 0.399 e. The molecule has 5 heteroatoms. The minimum Gasteiger partial charge on any atom is -0.399 e. The van der Waals surface area contributed by atoms with Crippen LogP contribution >= 0.6 is 15.9 Å². The molecule has 0 aliphatic rings. The summed E-state index contributed by atoms with van der Waals surface area (Å²) in [5, 5.41) is 8.26. The van der Waals surface area contributed by atoms with Gasteiger partial charge in [0.2, 0.25) is 0 Å². The first kappa shape index (κ1) is 11.1. The highest BCUT2D eigenvalue weighted by molar-refractivity contribution is 9.10. The Labute approximate surface area is 103 Å². The number of nitrogens with zero attached hydrogens (tertiary/aromatic N) is 3. The van der Waals surface area contributed by atoms with Crippen molar-refractivity contribution in [1.29, 1.82) is 0 Å². The maximum atomic E-state index is 5.81. The summed E-state index contributed by atoms with van der Waals surface area (Å²) in [5.74, 6) is 1.77. The average molecular weight is 281 g/mol. The highest BCUT2D eigenvalue weighted by atomic mass is 79.9. The molecule has 0 spiro atoms. The Morgan fingerprint density at radius 1 is 1.31 bits per heavy atom. The van der Waals surface area contributed by atoms with Gasteiger partial charge in [0, 0.05) is 22.3 Å². The smallest absolute Gasteiger partial charge is 0.164 e. The molecule has 0 atom stereocenters. The van der Waals surface area contributed by atoms with Crippen molar-refractivity contribution in [2.24, 2.45) is 0 Å². The Kier molecular flexibility index (Phi) is 2.96. The molecule has 4 nitrogen and oxygen atoms in total. The van der Waals surface area contributed by atoms with Gasteiger partial charge in [-0.3, -0.25) is 0 Å². The number of hydrogen-bond acceptors (Lipinski definition) is 3. The molecule has 84 valence electrons. The SMILES string of the molecule is CCn1c(C)nnc1-c1cc(N)cc(Br)c1. The lowest BCUT2D eigenvalue weighted by molar-refractivity contribution is 0.737. The standard InChI is InChI=1S/C11H13BrN4/c1-3-16-7(2)14-15-11(16)8-4-9(12)6-10(13)5-8/h4-6H,3,13H2,1-2H3. The van der Waals surface area contributed by atoms with Crippen molar-refractivity contribution >= 4 is 21.6 Å². The highest BCUT2D eigenvalue weighted by Crippen LogP contribution is 2.25. The summed E-state index contributed by atoms with van der Waals surface area (Å²) < 4.78 is 3.01. The van der Waals surface area contributed by atoms with Gasteiger partial charge in [-0.2, -0.15) is 0 Å². The van der Waals surface area contributed by atoms with E-state index in [0.29, 0.717) is 5.69 Å². The second-order valence-electron chi connectivity index (χ2n) is 3.59. The molecule has 16 heavy (non-hydrogen) atoms. The molecule has 0 saturated carbocycles. The second kappa shape index (κ2) is 4.25. The van der Waals surface area contributed by atoms with Gasteiger partial charge in [0.15, 0.2) is 5.82 Å². The summed E-state index contributed by atoms with van der Waals surface area (Å²) >= 11 is 3.43. The van der Waals surface area contributed by atoms with Crippen molar-refractivity contribution in [3.63, 3.8) is 0 Å². The first-order valence-electron chi connectivity index (χ1n) is 5.08. The summed E-state index contributed by atoms with van der Waals surface area (Å²) in [6, 6.07) is 5.76. The summed E-state index contributed by atoms with van der Waals surface area (Å²) in [4.78, 5) is 0. The van der Waals surface area contributed by atoms with E-state index in [1.165, 1.54) is 0 Å². The molecular weight excluding hydrogens is 268 g/mol. The lowest BCUT2D eigenvalue weighted by Gasteiger charge is -2.06. The number of benzene rings is 1. The predicted molar refractivity (Wildman–Crippen MR) is 68.0 cm³/mol. The minimum absolute atomic E-state index is 0.715. The fraction of sp³-hybridized carbons (Fsp3) is 0.273. The van der Waals surface area contributed by atoms with Crippen LogP contribution in [0.4, 0.5) is 5.69 Å². The van der Waals surface area contributed by atoms with Gasteiger partial charge in [-0.05, 0) is 32.0 Å². The van der Waals surface area contributed by atoms with Gasteiger partial charge >= 0.3 is 0 Å². The van der Waals surface area contributed by atoms with Crippen LogP contribution in [0.25, 0.3) is 11.4 Å². The Morgan fingerprint density at radius 2 is 2.06 bits per heavy atom. The zero-order chi connectivity index (χ0) is 11.7. The third-order valence-corrected chi connectivity index (χ3v) is 2.89. The molecule has 2 aromatic rings. The van der Waals surface area contributed by atoms with Crippen LogP contribution < -0.4 is 5.73 Å². The zero-order valence-corrected chi connectivity index (χ0v) is 10.8. The van der Waals surface area contributed by atoms with Crippen LogP contribution in [0.2, 0.25) is 0 Å². The van der Waals surface area contributed by atoms with Crippen LogP contribution in [-0.2, 0) is 6.54 Å². The van der Waals surface area contributed by atoms with Gasteiger partial charge in [0.1, 0.15) is 5.82 Å². The van der Waals surface area contributed by atoms with E-state index in [2.05, 4.69) is 37.6 Å². The van der Waals surface area contributed by atoms with E-state index < -0.39 is 0 Å². The average Bonchev–Trinajstić information content (AvgIpc) is 2.58. The zero-order valence-electron chi connectivity index (χ0n) is 9.24. The maximum Gasteiger partial charge on any atom is 0.164 e. The van der Waals surface area contributed by atoms with E-state index in [-0.39, 0.29) is 0 Å². The van der Waals surface area contributed by atoms with E-state index in [9.17, 15) is 0 Å². The Hall–Kier alpha value is -1.36. The number of hydrogen-bond donors (Lipinski definition) is 1. The molecule has 0 aliphatic carbocycles. The van der Waals surface area contributed by atoms with Gasteiger partial charge in [0.25, 0.3) is 0 Å². The molecule has 1 aromatic carbocycles. The Balaban J connectivity index is 2.58. The molecule has 0 amide bonds. The van der Waals surface area contributed by atoms with Crippen molar-refractivity contribution in [1.82, 2.24) is 14.8 Å². The van der Waals surface area contributed by atoms with Crippen molar-refractivity contribution in [2.45, 2.75) is 20.4 Å². The molecule has 2 N–H and O–H groups in total. The summed E-state index contributed by atoms with van der Waals surface area (Å²) in [6.45, 7) is 4.86. The number of nitrogen functional groups attached to an aromatic ring is 1. The van der Waals surface area contributed by atoms with Gasteiger partial charge in [-0.15, -0.1) is 10.2 Å². The minimum atomic E-state index is 0.715. The Bertz CT molecular complexity index is 498. The third-order valence-electron chi connectivity index (χ3n) is 2.43.